The maximum absolute atomic E-state index is 11.8. The van der Waals surface area contributed by atoms with Crippen LogP contribution in [0.15, 0.2) is 17.5 Å². The lowest BCUT2D eigenvalue weighted by Gasteiger charge is -2.22. The Balaban J connectivity index is 1.40. The number of hydrogen-bond donors (Lipinski definition) is 3. The molecule has 1 aliphatic rings. The number of carbonyl (C=O) groups excluding carboxylic acids is 2. The normalized spacial score (nSPS) is 14.9. The molecule has 7 heteroatoms. The fraction of sp³-hybridized carbons (Fsp3) is 0.667. The van der Waals surface area contributed by atoms with E-state index in [1.54, 1.807) is 11.3 Å². The maximum Gasteiger partial charge on any atom is 0.315 e. The second-order valence-electron chi connectivity index (χ2n) is 6.32. The molecule has 25 heavy (non-hydrogen) atoms. The van der Waals surface area contributed by atoms with Crippen molar-refractivity contribution in [2.24, 2.45) is 0 Å². The smallest absolute Gasteiger partial charge is 0.315 e. The fourth-order valence-electron chi connectivity index (χ4n) is 2.85. The summed E-state index contributed by atoms with van der Waals surface area (Å²) in [5.41, 5.74) is 0. The molecule has 0 spiro atoms. The van der Waals surface area contributed by atoms with E-state index in [9.17, 15) is 9.59 Å². The van der Waals surface area contributed by atoms with Gasteiger partial charge in [0.1, 0.15) is 0 Å². The Morgan fingerprint density at radius 3 is 2.76 bits per heavy atom. The zero-order chi connectivity index (χ0) is 17.7. The average molecular weight is 384 g/mol. The zero-order valence-corrected chi connectivity index (χ0v) is 16.4. The summed E-state index contributed by atoms with van der Waals surface area (Å²) in [6.45, 7) is 1.24. The molecule has 0 bridgehead atoms. The van der Waals surface area contributed by atoms with Crippen LogP contribution in [0.3, 0.4) is 0 Å². The molecule has 2 rings (SSSR count). The Kier molecular flexibility index (Phi) is 9.81. The Morgan fingerprint density at radius 1 is 1.16 bits per heavy atom. The van der Waals surface area contributed by atoms with Gasteiger partial charge in [0, 0.05) is 41.9 Å². The molecule has 1 heterocycles. The van der Waals surface area contributed by atoms with Crippen molar-refractivity contribution < 1.29 is 9.59 Å². The first-order valence-corrected chi connectivity index (χ1v) is 11.2. The van der Waals surface area contributed by atoms with E-state index >= 15 is 0 Å². The zero-order valence-electron chi connectivity index (χ0n) is 14.7. The quantitative estimate of drug-likeness (QED) is 0.542. The molecule has 1 aromatic heterocycles. The van der Waals surface area contributed by atoms with Crippen LogP contribution < -0.4 is 16.0 Å². The average Bonchev–Trinajstić information content (AvgIpc) is 3.13. The van der Waals surface area contributed by atoms with Crippen LogP contribution in [0.4, 0.5) is 4.79 Å². The monoisotopic (exact) mass is 383 g/mol. The minimum absolute atomic E-state index is 0.0613. The van der Waals surface area contributed by atoms with Crippen molar-refractivity contribution in [1.82, 2.24) is 16.0 Å². The Morgan fingerprint density at radius 2 is 2.00 bits per heavy atom. The van der Waals surface area contributed by atoms with Gasteiger partial charge in [-0.1, -0.05) is 25.3 Å². The maximum atomic E-state index is 11.8. The van der Waals surface area contributed by atoms with E-state index in [0.717, 1.165) is 24.3 Å². The van der Waals surface area contributed by atoms with E-state index in [2.05, 4.69) is 33.5 Å². The first-order valence-electron chi connectivity index (χ1n) is 9.15. The van der Waals surface area contributed by atoms with Gasteiger partial charge in [0.25, 0.3) is 0 Å². The van der Waals surface area contributed by atoms with E-state index in [4.69, 9.17) is 0 Å². The number of thioether (sulfide) groups is 1. The predicted molar refractivity (Wildman–Crippen MR) is 106 cm³/mol. The van der Waals surface area contributed by atoms with Gasteiger partial charge in [0.2, 0.25) is 5.91 Å². The molecule has 5 nitrogen and oxygen atoms in total. The molecule has 1 aromatic rings. The lowest BCUT2D eigenvalue weighted by molar-refractivity contribution is -0.121. The second kappa shape index (κ2) is 12.2. The number of amides is 3. The van der Waals surface area contributed by atoms with E-state index in [1.165, 1.54) is 24.1 Å². The van der Waals surface area contributed by atoms with Crippen molar-refractivity contribution >= 4 is 35.0 Å². The number of rotatable bonds is 10. The molecule has 0 unspecified atom stereocenters. The van der Waals surface area contributed by atoms with Crippen LogP contribution in [0.2, 0.25) is 0 Å². The molecule has 0 atom stereocenters. The predicted octanol–water partition coefficient (Wildman–Crippen LogP) is 3.51. The lowest BCUT2D eigenvalue weighted by Crippen LogP contribution is -2.43. The van der Waals surface area contributed by atoms with Gasteiger partial charge < -0.3 is 16.0 Å². The highest BCUT2D eigenvalue weighted by molar-refractivity contribution is 7.98. The van der Waals surface area contributed by atoms with E-state index in [-0.39, 0.29) is 11.9 Å². The van der Waals surface area contributed by atoms with E-state index in [0.29, 0.717) is 32.0 Å². The highest BCUT2D eigenvalue weighted by Crippen LogP contribution is 2.17. The molecule has 0 aliphatic heterocycles. The van der Waals surface area contributed by atoms with E-state index < -0.39 is 0 Å². The van der Waals surface area contributed by atoms with Crippen LogP contribution in [-0.2, 0) is 10.5 Å². The number of hydrogen-bond acceptors (Lipinski definition) is 4. The van der Waals surface area contributed by atoms with Crippen LogP contribution in [0.5, 0.6) is 0 Å². The molecule has 3 amide bonds. The van der Waals surface area contributed by atoms with Crippen molar-refractivity contribution in [3.63, 3.8) is 0 Å². The Labute approximate surface area is 158 Å². The molecule has 1 saturated carbocycles. The third-order valence-electron chi connectivity index (χ3n) is 4.20. The molecule has 0 radical (unpaired) electrons. The van der Waals surface area contributed by atoms with E-state index in [1.807, 2.05) is 11.8 Å². The van der Waals surface area contributed by atoms with Gasteiger partial charge in [-0.05, 0) is 30.7 Å². The second-order valence-corrected chi connectivity index (χ2v) is 8.46. The minimum Gasteiger partial charge on any atom is -0.355 e. The first-order chi connectivity index (χ1) is 12.2. The SMILES string of the molecule is O=C(CCCNC(=O)NC1CCCCC1)NCCSCc1cccs1. The van der Waals surface area contributed by atoms with Crippen molar-refractivity contribution in [2.75, 3.05) is 18.8 Å². The summed E-state index contributed by atoms with van der Waals surface area (Å²) in [4.78, 5) is 24.9. The van der Waals surface area contributed by atoms with Crippen molar-refractivity contribution in [3.05, 3.63) is 22.4 Å². The highest BCUT2D eigenvalue weighted by Gasteiger charge is 2.15. The number of nitrogens with one attached hydrogen (secondary N) is 3. The molecular formula is C18H29N3O2S2. The third-order valence-corrected chi connectivity index (χ3v) is 6.27. The fourth-order valence-corrected chi connectivity index (χ4v) is 4.55. The van der Waals surface area contributed by atoms with Crippen molar-refractivity contribution in [2.45, 2.75) is 56.7 Å². The molecular weight excluding hydrogens is 354 g/mol. The standard InChI is InChI=1S/C18H29N3O2S2/c22-17(19-11-13-24-14-16-8-5-12-25-16)9-4-10-20-18(23)21-15-6-2-1-3-7-15/h5,8,12,15H,1-4,6-7,9-11,13-14H2,(H,19,22)(H2,20,21,23). The largest absolute Gasteiger partial charge is 0.355 e. The molecule has 0 saturated heterocycles. The van der Waals surface area contributed by atoms with Gasteiger partial charge in [-0.3, -0.25) is 4.79 Å². The summed E-state index contributed by atoms with van der Waals surface area (Å²) in [5.74, 6) is 1.99. The lowest BCUT2D eigenvalue weighted by atomic mass is 9.96. The van der Waals surface area contributed by atoms with Gasteiger partial charge in [-0.25, -0.2) is 4.79 Å². The summed E-state index contributed by atoms with van der Waals surface area (Å²) in [6.07, 6.45) is 6.99. The molecule has 1 aliphatic carbocycles. The summed E-state index contributed by atoms with van der Waals surface area (Å²) in [5, 5.41) is 10.9. The topological polar surface area (TPSA) is 70.2 Å². The van der Waals surface area contributed by atoms with Crippen molar-refractivity contribution in [3.8, 4) is 0 Å². The van der Waals surface area contributed by atoms with Gasteiger partial charge in [-0.15, -0.1) is 11.3 Å². The van der Waals surface area contributed by atoms with Crippen LogP contribution in [0, 0.1) is 0 Å². The summed E-state index contributed by atoms with van der Waals surface area (Å²) < 4.78 is 0. The summed E-state index contributed by atoms with van der Waals surface area (Å²) in [6, 6.07) is 4.42. The first kappa shape index (κ1) is 20.1. The molecule has 0 aromatic carbocycles. The Hall–Kier alpha value is -1.21. The van der Waals surface area contributed by atoms with Crippen LogP contribution in [-0.4, -0.2) is 36.8 Å². The minimum atomic E-state index is -0.0997. The van der Waals surface area contributed by atoms with Crippen LogP contribution >= 0.6 is 23.1 Å². The van der Waals surface area contributed by atoms with Crippen LogP contribution in [0.25, 0.3) is 0 Å². The third kappa shape index (κ3) is 9.16. The molecule has 3 N–H and O–H groups in total. The molecule has 1 fully saturated rings. The molecule has 140 valence electrons. The summed E-state index contributed by atoms with van der Waals surface area (Å²) >= 11 is 3.60. The Bertz CT molecular complexity index is 502. The van der Waals surface area contributed by atoms with Crippen LogP contribution in [0.1, 0.15) is 49.8 Å². The van der Waals surface area contributed by atoms with Gasteiger partial charge in [-0.2, -0.15) is 11.8 Å². The highest BCUT2D eigenvalue weighted by atomic mass is 32.2. The van der Waals surface area contributed by atoms with Crippen molar-refractivity contribution in [1.29, 1.82) is 0 Å². The number of urea groups is 1. The van der Waals surface area contributed by atoms with Gasteiger partial charge in [0.15, 0.2) is 0 Å². The number of thiophene rings is 1. The summed E-state index contributed by atoms with van der Waals surface area (Å²) in [7, 11) is 0. The van der Waals surface area contributed by atoms with Gasteiger partial charge >= 0.3 is 6.03 Å². The number of carbonyl (C=O) groups is 2. The van der Waals surface area contributed by atoms with Gasteiger partial charge in [0.05, 0.1) is 0 Å².